The SMILES string of the molecule is CC(N)CCCC(=O)Nc1nc(C2CC2)cs1. The van der Waals surface area contributed by atoms with Crippen LogP contribution in [0.4, 0.5) is 5.13 Å². The van der Waals surface area contributed by atoms with Crippen LogP contribution >= 0.6 is 11.3 Å². The molecule has 94 valence electrons. The van der Waals surface area contributed by atoms with Crippen molar-refractivity contribution in [2.24, 2.45) is 5.73 Å². The van der Waals surface area contributed by atoms with Gasteiger partial charge in [-0.15, -0.1) is 11.3 Å². The third kappa shape index (κ3) is 4.09. The van der Waals surface area contributed by atoms with Gasteiger partial charge in [0.1, 0.15) is 0 Å². The number of nitrogens with one attached hydrogen (secondary N) is 1. The molecule has 3 N–H and O–H groups in total. The molecule has 1 saturated carbocycles. The number of aromatic nitrogens is 1. The monoisotopic (exact) mass is 253 g/mol. The van der Waals surface area contributed by atoms with E-state index in [-0.39, 0.29) is 11.9 Å². The van der Waals surface area contributed by atoms with Crippen molar-refractivity contribution < 1.29 is 4.79 Å². The van der Waals surface area contributed by atoms with Crippen molar-refractivity contribution in [1.29, 1.82) is 0 Å². The first-order valence-corrected chi connectivity index (χ1v) is 7.04. The molecule has 2 rings (SSSR count). The van der Waals surface area contributed by atoms with Gasteiger partial charge >= 0.3 is 0 Å². The van der Waals surface area contributed by atoms with Crippen molar-refractivity contribution in [3.05, 3.63) is 11.1 Å². The number of hydrogen-bond donors (Lipinski definition) is 2. The highest BCUT2D eigenvalue weighted by molar-refractivity contribution is 7.13. The fraction of sp³-hybridized carbons (Fsp3) is 0.667. The molecule has 0 radical (unpaired) electrons. The van der Waals surface area contributed by atoms with Gasteiger partial charge in [-0.3, -0.25) is 4.79 Å². The summed E-state index contributed by atoms with van der Waals surface area (Å²) >= 11 is 1.52. The molecule has 1 fully saturated rings. The Hall–Kier alpha value is -0.940. The van der Waals surface area contributed by atoms with Crippen LogP contribution in [0.2, 0.25) is 0 Å². The van der Waals surface area contributed by atoms with Crippen molar-refractivity contribution in [3.63, 3.8) is 0 Å². The fourth-order valence-corrected chi connectivity index (χ4v) is 2.48. The minimum atomic E-state index is 0.0438. The summed E-state index contributed by atoms with van der Waals surface area (Å²) in [6, 6.07) is 0.170. The van der Waals surface area contributed by atoms with Crippen molar-refractivity contribution in [2.45, 2.75) is 51.0 Å². The predicted octanol–water partition coefficient (Wildman–Crippen LogP) is 2.48. The molecule has 1 unspecified atom stereocenters. The number of carbonyl (C=O) groups excluding carboxylic acids is 1. The van der Waals surface area contributed by atoms with E-state index in [2.05, 4.69) is 15.7 Å². The zero-order valence-electron chi connectivity index (χ0n) is 10.1. The molecule has 0 aromatic carbocycles. The van der Waals surface area contributed by atoms with Crippen LogP contribution in [0, 0.1) is 0 Å². The second kappa shape index (κ2) is 5.60. The molecule has 1 atom stereocenters. The zero-order valence-corrected chi connectivity index (χ0v) is 10.9. The number of nitrogens with two attached hydrogens (primary N) is 1. The molecule has 1 heterocycles. The van der Waals surface area contributed by atoms with Crippen LogP contribution in [0.1, 0.15) is 50.6 Å². The van der Waals surface area contributed by atoms with E-state index in [1.165, 1.54) is 24.2 Å². The van der Waals surface area contributed by atoms with E-state index in [0.717, 1.165) is 23.7 Å². The van der Waals surface area contributed by atoms with Gasteiger partial charge in [0.15, 0.2) is 5.13 Å². The molecule has 17 heavy (non-hydrogen) atoms. The van der Waals surface area contributed by atoms with E-state index in [9.17, 15) is 4.79 Å². The van der Waals surface area contributed by atoms with E-state index in [1.807, 2.05) is 6.92 Å². The van der Waals surface area contributed by atoms with Crippen LogP contribution in [0.3, 0.4) is 0 Å². The number of anilines is 1. The predicted molar refractivity (Wildman–Crippen MR) is 70.2 cm³/mol. The van der Waals surface area contributed by atoms with Crippen LogP contribution in [-0.2, 0) is 4.79 Å². The number of thiazole rings is 1. The number of rotatable bonds is 6. The summed E-state index contributed by atoms with van der Waals surface area (Å²) in [7, 11) is 0. The molecule has 0 bridgehead atoms. The van der Waals surface area contributed by atoms with Gasteiger partial charge in [0.2, 0.25) is 5.91 Å². The van der Waals surface area contributed by atoms with Crippen molar-refractivity contribution >= 4 is 22.4 Å². The van der Waals surface area contributed by atoms with Gasteiger partial charge in [0.05, 0.1) is 5.69 Å². The molecule has 1 aromatic heterocycles. The Labute approximate surface area is 106 Å². The lowest BCUT2D eigenvalue weighted by Gasteiger charge is -2.04. The highest BCUT2D eigenvalue weighted by Crippen LogP contribution is 2.40. The van der Waals surface area contributed by atoms with Crippen molar-refractivity contribution in [2.75, 3.05) is 5.32 Å². The maximum absolute atomic E-state index is 11.6. The van der Waals surface area contributed by atoms with Gasteiger partial charge in [0, 0.05) is 23.8 Å². The zero-order chi connectivity index (χ0) is 12.3. The van der Waals surface area contributed by atoms with Gasteiger partial charge in [-0.05, 0) is 32.6 Å². The van der Waals surface area contributed by atoms with Gasteiger partial charge in [-0.2, -0.15) is 0 Å². The standard InChI is InChI=1S/C12H19N3OS/c1-8(13)3-2-4-11(16)15-12-14-10(7-17-12)9-5-6-9/h7-9H,2-6,13H2,1H3,(H,14,15,16). The van der Waals surface area contributed by atoms with E-state index >= 15 is 0 Å². The molecule has 1 amide bonds. The summed E-state index contributed by atoms with van der Waals surface area (Å²) in [5.41, 5.74) is 6.77. The normalized spacial score (nSPS) is 16.8. The first-order valence-electron chi connectivity index (χ1n) is 6.16. The Morgan fingerprint density at radius 2 is 2.47 bits per heavy atom. The van der Waals surface area contributed by atoms with E-state index in [0.29, 0.717) is 12.3 Å². The van der Waals surface area contributed by atoms with Crippen molar-refractivity contribution in [3.8, 4) is 0 Å². The highest BCUT2D eigenvalue weighted by atomic mass is 32.1. The van der Waals surface area contributed by atoms with Crippen LogP contribution in [0.15, 0.2) is 5.38 Å². The summed E-state index contributed by atoms with van der Waals surface area (Å²) in [5.74, 6) is 0.692. The smallest absolute Gasteiger partial charge is 0.226 e. The fourth-order valence-electron chi connectivity index (χ4n) is 1.68. The maximum atomic E-state index is 11.6. The van der Waals surface area contributed by atoms with Gasteiger partial charge in [0.25, 0.3) is 0 Å². The Kier molecular flexibility index (Phi) is 4.12. The van der Waals surface area contributed by atoms with Crippen LogP contribution in [-0.4, -0.2) is 16.9 Å². The average Bonchev–Trinajstić information content (AvgIpc) is 3.00. The quantitative estimate of drug-likeness (QED) is 0.818. The molecule has 1 aromatic rings. The third-order valence-corrected chi connectivity index (χ3v) is 3.60. The van der Waals surface area contributed by atoms with Crippen LogP contribution in [0.25, 0.3) is 0 Å². The highest BCUT2D eigenvalue weighted by Gasteiger charge is 2.26. The Balaban J connectivity index is 1.73. The molecule has 5 heteroatoms. The Bertz CT molecular complexity index is 385. The summed E-state index contributed by atoms with van der Waals surface area (Å²) in [4.78, 5) is 16.0. The number of hydrogen-bond acceptors (Lipinski definition) is 4. The second-order valence-corrected chi connectivity index (χ2v) is 5.63. The molecule has 0 saturated heterocycles. The van der Waals surface area contributed by atoms with E-state index in [4.69, 9.17) is 5.73 Å². The topological polar surface area (TPSA) is 68.0 Å². The Morgan fingerprint density at radius 1 is 1.71 bits per heavy atom. The van der Waals surface area contributed by atoms with Gasteiger partial charge in [-0.1, -0.05) is 0 Å². The van der Waals surface area contributed by atoms with Gasteiger partial charge < -0.3 is 11.1 Å². The third-order valence-electron chi connectivity index (χ3n) is 2.83. The van der Waals surface area contributed by atoms with Gasteiger partial charge in [-0.25, -0.2) is 4.98 Å². The van der Waals surface area contributed by atoms with Crippen LogP contribution < -0.4 is 11.1 Å². The molecule has 4 nitrogen and oxygen atoms in total. The number of amides is 1. The summed E-state index contributed by atoms with van der Waals surface area (Å²) in [6.07, 6.45) is 4.74. The molecule has 0 aliphatic heterocycles. The Morgan fingerprint density at radius 3 is 3.12 bits per heavy atom. The average molecular weight is 253 g/mol. The van der Waals surface area contributed by atoms with Crippen LogP contribution in [0.5, 0.6) is 0 Å². The minimum Gasteiger partial charge on any atom is -0.328 e. The summed E-state index contributed by atoms with van der Waals surface area (Å²) in [6.45, 7) is 1.96. The first-order chi connectivity index (χ1) is 8.15. The molecule has 1 aliphatic rings. The van der Waals surface area contributed by atoms with E-state index < -0.39 is 0 Å². The van der Waals surface area contributed by atoms with E-state index in [1.54, 1.807) is 0 Å². The lowest BCUT2D eigenvalue weighted by molar-refractivity contribution is -0.116. The molecule has 1 aliphatic carbocycles. The largest absolute Gasteiger partial charge is 0.328 e. The summed E-state index contributed by atoms with van der Waals surface area (Å²) in [5, 5.41) is 5.63. The second-order valence-electron chi connectivity index (χ2n) is 4.77. The number of nitrogens with zero attached hydrogens (tertiary/aromatic N) is 1. The lowest BCUT2D eigenvalue weighted by atomic mass is 10.1. The molecular weight excluding hydrogens is 234 g/mol. The maximum Gasteiger partial charge on any atom is 0.226 e. The molecular formula is C12H19N3OS. The minimum absolute atomic E-state index is 0.0438. The number of carbonyl (C=O) groups is 1. The summed E-state index contributed by atoms with van der Waals surface area (Å²) < 4.78 is 0. The lowest BCUT2D eigenvalue weighted by Crippen LogP contribution is -2.16. The first kappa shape index (κ1) is 12.5. The van der Waals surface area contributed by atoms with Crippen molar-refractivity contribution in [1.82, 2.24) is 4.98 Å². The molecule has 0 spiro atoms.